The van der Waals surface area contributed by atoms with Gasteiger partial charge in [-0.2, -0.15) is 0 Å². The van der Waals surface area contributed by atoms with Crippen molar-refractivity contribution in [2.75, 3.05) is 21.3 Å². The molecule has 0 N–H and O–H groups in total. The van der Waals surface area contributed by atoms with Crippen LogP contribution < -0.4 is 0 Å². The van der Waals surface area contributed by atoms with Crippen LogP contribution in [0.2, 0.25) is 5.02 Å². The van der Waals surface area contributed by atoms with Gasteiger partial charge in [-0.1, -0.05) is 11.6 Å². The molecule has 1 rings (SSSR count). The van der Waals surface area contributed by atoms with Crippen molar-refractivity contribution in [1.82, 2.24) is 5.06 Å². The van der Waals surface area contributed by atoms with Gasteiger partial charge in [-0.15, -0.1) is 0 Å². The Balaban J connectivity index is 3.13. The van der Waals surface area contributed by atoms with E-state index in [1.54, 1.807) is 0 Å². The molecule has 0 fully saturated rings. The molecule has 0 aromatic heterocycles. The van der Waals surface area contributed by atoms with Gasteiger partial charge in [0.1, 0.15) is 0 Å². The van der Waals surface area contributed by atoms with Crippen LogP contribution in [0.1, 0.15) is 20.7 Å². The van der Waals surface area contributed by atoms with E-state index < -0.39 is 11.9 Å². The van der Waals surface area contributed by atoms with Gasteiger partial charge < -0.3 is 4.74 Å². The van der Waals surface area contributed by atoms with Gasteiger partial charge in [0.15, 0.2) is 0 Å². The van der Waals surface area contributed by atoms with Crippen LogP contribution in [-0.4, -0.2) is 38.2 Å². The molecule has 1 aromatic rings. The molecule has 0 unspecified atom stereocenters. The van der Waals surface area contributed by atoms with E-state index in [1.807, 2.05) is 0 Å². The fourth-order valence-corrected chi connectivity index (χ4v) is 1.45. The zero-order chi connectivity index (χ0) is 13.0. The van der Waals surface area contributed by atoms with Gasteiger partial charge in [-0.3, -0.25) is 9.63 Å². The molecule has 0 heterocycles. The molecule has 0 saturated carbocycles. The van der Waals surface area contributed by atoms with Crippen LogP contribution in [0.25, 0.3) is 0 Å². The molecule has 0 bridgehead atoms. The lowest BCUT2D eigenvalue weighted by Gasteiger charge is -2.14. The Labute approximate surface area is 104 Å². The maximum Gasteiger partial charge on any atom is 0.337 e. The highest BCUT2D eigenvalue weighted by Crippen LogP contribution is 2.17. The van der Waals surface area contributed by atoms with Gasteiger partial charge in [0.2, 0.25) is 0 Å². The van der Waals surface area contributed by atoms with Crippen molar-refractivity contribution >= 4 is 23.5 Å². The first-order valence-corrected chi connectivity index (χ1v) is 5.08. The van der Waals surface area contributed by atoms with Crippen molar-refractivity contribution in [3.8, 4) is 0 Å². The zero-order valence-corrected chi connectivity index (χ0v) is 10.4. The molecule has 6 heteroatoms. The molecule has 1 aromatic carbocycles. The van der Waals surface area contributed by atoms with E-state index in [-0.39, 0.29) is 16.1 Å². The number of hydroxylamine groups is 2. The van der Waals surface area contributed by atoms with Gasteiger partial charge in [0.05, 0.1) is 19.8 Å². The number of hydrogen-bond acceptors (Lipinski definition) is 4. The summed E-state index contributed by atoms with van der Waals surface area (Å²) in [6.07, 6.45) is 0. The van der Waals surface area contributed by atoms with Crippen molar-refractivity contribution in [3.05, 3.63) is 34.3 Å². The molecule has 0 aliphatic carbocycles. The van der Waals surface area contributed by atoms with Gasteiger partial charge in [-0.05, 0) is 18.2 Å². The lowest BCUT2D eigenvalue weighted by molar-refractivity contribution is -0.0757. The van der Waals surface area contributed by atoms with Crippen LogP contribution in [0.4, 0.5) is 0 Å². The highest BCUT2D eigenvalue weighted by Gasteiger charge is 2.15. The van der Waals surface area contributed by atoms with E-state index in [9.17, 15) is 9.59 Å². The average molecular weight is 258 g/mol. The summed E-state index contributed by atoms with van der Waals surface area (Å²) in [5, 5.41) is 1.31. The third-order valence-corrected chi connectivity index (χ3v) is 2.34. The number of rotatable bonds is 3. The van der Waals surface area contributed by atoms with Crippen LogP contribution in [-0.2, 0) is 9.57 Å². The first kappa shape index (κ1) is 13.5. The number of esters is 1. The lowest BCUT2D eigenvalue weighted by Crippen LogP contribution is -2.25. The molecule has 1 amide bonds. The zero-order valence-electron chi connectivity index (χ0n) is 9.69. The number of benzene rings is 1. The number of carbonyl (C=O) groups is 2. The summed E-state index contributed by atoms with van der Waals surface area (Å²) in [6.45, 7) is 0. The van der Waals surface area contributed by atoms with Crippen LogP contribution in [0.3, 0.4) is 0 Å². The standard InChI is InChI=1S/C11H12ClNO4/c1-13(17-3)10(14)7-4-8(11(15)16-2)6-9(12)5-7/h4-6H,1-3H3. The normalized spacial score (nSPS) is 9.88. The first-order chi connectivity index (χ1) is 7.99. The summed E-state index contributed by atoms with van der Waals surface area (Å²) in [5.41, 5.74) is 0.468. The summed E-state index contributed by atoms with van der Waals surface area (Å²) in [5.74, 6) is -0.957. The Morgan fingerprint density at radius 3 is 2.29 bits per heavy atom. The summed E-state index contributed by atoms with van der Waals surface area (Å²) >= 11 is 5.82. The Hall–Kier alpha value is -1.59. The predicted molar refractivity (Wildman–Crippen MR) is 61.9 cm³/mol. The summed E-state index contributed by atoms with van der Waals surface area (Å²) < 4.78 is 4.56. The van der Waals surface area contributed by atoms with Gasteiger partial charge in [-0.25, -0.2) is 9.86 Å². The highest BCUT2D eigenvalue weighted by molar-refractivity contribution is 6.31. The number of methoxy groups -OCH3 is 1. The molecule has 17 heavy (non-hydrogen) atoms. The van der Waals surface area contributed by atoms with Crippen molar-refractivity contribution in [1.29, 1.82) is 0 Å². The molecule has 0 aliphatic heterocycles. The maximum atomic E-state index is 11.8. The fraction of sp³-hybridized carbons (Fsp3) is 0.273. The SMILES string of the molecule is COC(=O)c1cc(Cl)cc(C(=O)N(C)OC)c1. The van der Waals surface area contributed by atoms with E-state index >= 15 is 0 Å². The van der Waals surface area contributed by atoms with Crippen LogP contribution in [0, 0.1) is 0 Å². The molecule has 0 aliphatic rings. The second-order valence-electron chi connectivity index (χ2n) is 3.21. The molecule has 0 atom stereocenters. The van der Waals surface area contributed by atoms with Gasteiger partial charge >= 0.3 is 5.97 Å². The molecule has 92 valence electrons. The minimum atomic E-state index is -0.554. The number of hydrogen-bond donors (Lipinski definition) is 0. The smallest absolute Gasteiger partial charge is 0.337 e. The number of halogens is 1. The minimum absolute atomic E-state index is 0.216. The number of ether oxygens (including phenoxy) is 1. The number of nitrogens with zero attached hydrogens (tertiary/aromatic N) is 1. The molecule has 0 spiro atoms. The highest BCUT2D eigenvalue weighted by atomic mass is 35.5. The monoisotopic (exact) mass is 257 g/mol. The molecular formula is C11H12ClNO4. The topological polar surface area (TPSA) is 55.8 Å². The van der Waals surface area contributed by atoms with Gasteiger partial charge in [0, 0.05) is 17.6 Å². The van der Waals surface area contributed by atoms with E-state index in [4.69, 9.17) is 16.4 Å². The summed E-state index contributed by atoms with van der Waals surface area (Å²) in [7, 11) is 4.08. The molecule has 5 nitrogen and oxygen atoms in total. The van der Waals surface area contributed by atoms with Crippen molar-refractivity contribution < 1.29 is 19.2 Å². The lowest BCUT2D eigenvalue weighted by atomic mass is 10.1. The Morgan fingerprint density at radius 2 is 1.76 bits per heavy atom. The van der Waals surface area contributed by atoms with E-state index in [2.05, 4.69) is 4.74 Å². The molecule has 0 saturated heterocycles. The van der Waals surface area contributed by atoms with Crippen LogP contribution in [0.15, 0.2) is 18.2 Å². The average Bonchev–Trinajstić information content (AvgIpc) is 2.35. The fourth-order valence-electron chi connectivity index (χ4n) is 1.21. The Morgan fingerprint density at radius 1 is 1.18 bits per heavy atom. The van der Waals surface area contributed by atoms with Gasteiger partial charge in [0.25, 0.3) is 5.91 Å². The second-order valence-corrected chi connectivity index (χ2v) is 3.64. The van der Waals surface area contributed by atoms with Crippen molar-refractivity contribution in [3.63, 3.8) is 0 Å². The van der Waals surface area contributed by atoms with Crippen LogP contribution in [0.5, 0.6) is 0 Å². The van der Waals surface area contributed by atoms with Crippen molar-refractivity contribution in [2.24, 2.45) is 0 Å². The molecular weight excluding hydrogens is 246 g/mol. The quantitative estimate of drug-likeness (QED) is 0.612. The van der Waals surface area contributed by atoms with Crippen LogP contribution >= 0.6 is 11.6 Å². The predicted octanol–water partition coefficient (Wildman–Crippen LogP) is 1.76. The Bertz CT molecular complexity index is 447. The Kier molecular flexibility index (Phi) is 4.48. The maximum absolute atomic E-state index is 11.8. The van der Waals surface area contributed by atoms with E-state index in [0.717, 1.165) is 5.06 Å². The van der Waals surface area contributed by atoms with E-state index in [1.165, 1.54) is 39.5 Å². The van der Waals surface area contributed by atoms with E-state index in [0.29, 0.717) is 0 Å². The number of amides is 1. The largest absolute Gasteiger partial charge is 0.465 e. The summed E-state index contributed by atoms with van der Waals surface area (Å²) in [6, 6.07) is 4.28. The third-order valence-electron chi connectivity index (χ3n) is 2.13. The second kappa shape index (κ2) is 5.65. The third kappa shape index (κ3) is 3.18. The minimum Gasteiger partial charge on any atom is -0.465 e. The van der Waals surface area contributed by atoms with Crippen molar-refractivity contribution in [2.45, 2.75) is 0 Å². The molecule has 0 radical (unpaired) electrons. The summed E-state index contributed by atoms with van der Waals surface area (Å²) in [4.78, 5) is 27.9. The number of carbonyl (C=O) groups excluding carboxylic acids is 2. The first-order valence-electron chi connectivity index (χ1n) is 4.70.